The average molecular weight is 336 g/mol. The van der Waals surface area contributed by atoms with E-state index in [2.05, 4.69) is 9.62 Å². The van der Waals surface area contributed by atoms with Crippen molar-refractivity contribution >= 4 is 27.0 Å². The molecule has 0 radical (unpaired) electrons. The molecule has 0 atom stereocenters. The molecule has 1 fully saturated rings. The molecule has 0 saturated carbocycles. The topological polar surface area (TPSA) is 49.4 Å². The molecule has 2 heterocycles. The molecule has 1 saturated heterocycles. The smallest absolute Gasteiger partial charge is 0.271 e. The van der Waals surface area contributed by atoms with Gasteiger partial charge in [0, 0.05) is 12.2 Å². The van der Waals surface area contributed by atoms with E-state index < -0.39 is 10.0 Å². The number of hydrogen-bond donors (Lipinski definition) is 1. The molecule has 1 aliphatic rings. The highest BCUT2D eigenvalue weighted by molar-refractivity contribution is 7.94. The highest BCUT2D eigenvalue weighted by atomic mass is 32.2. The van der Waals surface area contributed by atoms with Gasteiger partial charge in [-0.3, -0.25) is 9.62 Å². The fourth-order valence-electron chi connectivity index (χ4n) is 2.68. The normalized spacial score (nSPS) is 16.5. The largest absolute Gasteiger partial charge is 0.299 e. The maximum Gasteiger partial charge on any atom is 0.271 e. The van der Waals surface area contributed by atoms with Crippen LogP contribution in [0.1, 0.15) is 24.8 Å². The fraction of sp³-hybridized carbons (Fsp3) is 0.375. The van der Waals surface area contributed by atoms with Crippen LogP contribution in [-0.4, -0.2) is 26.4 Å². The third-order valence-corrected chi connectivity index (χ3v) is 6.60. The lowest BCUT2D eigenvalue weighted by Crippen LogP contribution is -2.29. The Morgan fingerprint density at radius 1 is 1.05 bits per heavy atom. The number of thiophene rings is 1. The van der Waals surface area contributed by atoms with Gasteiger partial charge in [0.05, 0.1) is 0 Å². The molecule has 4 nitrogen and oxygen atoms in total. The zero-order valence-corrected chi connectivity index (χ0v) is 14.0. The van der Waals surface area contributed by atoms with Crippen LogP contribution in [-0.2, 0) is 16.6 Å². The summed E-state index contributed by atoms with van der Waals surface area (Å²) in [6.07, 6.45) is 3.89. The van der Waals surface area contributed by atoms with Gasteiger partial charge in [-0.05, 0) is 55.1 Å². The minimum absolute atomic E-state index is 0.338. The van der Waals surface area contributed by atoms with E-state index in [1.54, 1.807) is 17.5 Å². The van der Waals surface area contributed by atoms with Crippen molar-refractivity contribution < 1.29 is 8.42 Å². The molecule has 22 heavy (non-hydrogen) atoms. The highest BCUT2D eigenvalue weighted by Crippen LogP contribution is 2.21. The number of hydrogen-bond acceptors (Lipinski definition) is 4. The minimum Gasteiger partial charge on any atom is -0.299 e. The van der Waals surface area contributed by atoms with Crippen molar-refractivity contribution in [2.45, 2.75) is 30.0 Å². The monoisotopic (exact) mass is 336 g/mol. The Hall–Kier alpha value is -1.37. The number of nitrogens with zero attached hydrogens (tertiary/aromatic N) is 1. The molecule has 0 amide bonds. The first-order valence-electron chi connectivity index (χ1n) is 7.51. The van der Waals surface area contributed by atoms with E-state index in [0.29, 0.717) is 9.90 Å². The van der Waals surface area contributed by atoms with Gasteiger partial charge in [0.25, 0.3) is 10.0 Å². The zero-order valence-electron chi connectivity index (χ0n) is 12.4. The van der Waals surface area contributed by atoms with Crippen LogP contribution in [0, 0.1) is 0 Å². The quantitative estimate of drug-likeness (QED) is 0.908. The van der Waals surface area contributed by atoms with Crippen molar-refractivity contribution in [1.82, 2.24) is 4.90 Å². The summed E-state index contributed by atoms with van der Waals surface area (Å²) in [5, 5.41) is 1.76. The summed E-state index contributed by atoms with van der Waals surface area (Å²) in [6.45, 7) is 3.26. The molecule has 0 spiro atoms. The van der Waals surface area contributed by atoms with Gasteiger partial charge in [-0.25, -0.2) is 8.42 Å². The molecule has 6 heteroatoms. The second kappa shape index (κ2) is 6.81. The van der Waals surface area contributed by atoms with Crippen molar-refractivity contribution in [2.24, 2.45) is 0 Å². The van der Waals surface area contributed by atoms with Crippen molar-refractivity contribution in [3.05, 3.63) is 47.3 Å². The lowest BCUT2D eigenvalue weighted by Gasteiger charge is -2.26. The van der Waals surface area contributed by atoms with Crippen LogP contribution in [0.2, 0.25) is 0 Å². The summed E-state index contributed by atoms with van der Waals surface area (Å²) in [5.74, 6) is 0. The van der Waals surface area contributed by atoms with Gasteiger partial charge < -0.3 is 0 Å². The standard InChI is InChI=1S/C16H20N2O2S2/c19-22(20,16-5-4-12-21-16)17-15-8-6-14(7-9-15)13-18-10-2-1-3-11-18/h4-9,12,17H,1-3,10-11,13H2. The molecular weight excluding hydrogens is 316 g/mol. The zero-order chi connectivity index (χ0) is 15.4. The number of piperidine rings is 1. The predicted octanol–water partition coefficient (Wildman–Crippen LogP) is 3.53. The molecular formula is C16H20N2O2S2. The maximum atomic E-state index is 12.2. The molecule has 1 aromatic carbocycles. The Kier molecular flexibility index (Phi) is 4.81. The molecule has 1 aromatic heterocycles. The Morgan fingerprint density at radius 3 is 2.41 bits per heavy atom. The van der Waals surface area contributed by atoms with Gasteiger partial charge in [0.1, 0.15) is 4.21 Å². The van der Waals surface area contributed by atoms with E-state index in [1.807, 2.05) is 24.3 Å². The average Bonchev–Trinajstić information content (AvgIpc) is 3.05. The molecule has 0 bridgehead atoms. The lowest BCUT2D eigenvalue weighted by atomic mass is 10.1. The second-order valence-corrected chi connectivity index (χ2v) is 8.43. The first kappa shape index (κ1) is 15.5. The van der Waals surface area contributed by atoms with Crippen LogP contribution in [0.15, 0.2) is 46.0 Å². The lowest BCUT2D eigenvalue weighted by molar-refractivity contribution is 0.221. The Balaban J connectivity index is 1.64. The number of likely N-dealkylation sites (tertiary alicyclic amines) is 1. The van der Waals surface area contributed by atoms with Crippen LogP contribution in [0.5, 0.6) is 0 Å². The summed E-state index contributed by atoms with van der Waals surface area (Å²) >= 11 is 1.22. The number of anilines is 1. The Labute approximate surface area is 135 Å². The number of benzene rings is 1. The van der Waals surface area contributed by atoms with Crippen molar-refractivity contribution in [3.63, 3.8) is 0 Å². The van der Waals surface area contributed by atoms with Crippen molar-refractivity contribution in [2.75, 3.05) is 17.8 Å². The molecule has 1 N–H and O–H groups in total. The van der Waals surface area contributed by atoms with Crippen LogP contribution in [0.3, 0.4) is 0 Å². The van der Waals surface area contributed by atoms with E-state index in [1.165, 1.54) is 36.2 Å². The SMILES string of the molecule is O=S(=O)(Nc1ccc(CN2CCCCC2)cc1)c1cccs1. The van der Waals surface area contributed by atoms with Crippen LogP contribution in [0.4, 0.5) is 5.69 Å². The second-order valence-electron chi connectivity index (χ2n) is 5.57. The van der Waals surface area contributed by atoms with E-state index in [4.69, 9.17) is 0 Å². The summed E-state index contributed by atoms with van der Waals surface area (Å²) in [4.78, 5) is 2.45. The number of nitrogens with one attached hydrogen (secondary N) is 1. The number of rotatable bonds is 5. The molecule has 2 aromatic rings. The predicted molar refractivity (Wildman–Crippen MR) is 90.7 cm³/mol. The first-order chi connectivity index (χ1) is 10.6. The maximum absolute atomic E-state index is 12.2. The first-order valence-corrected chi connectivity index (χ1v) is 9.87. The number of sulfonamides is 1. The molecule has 0 unspecified atom stereocenters. The van der Waals surface area contributed by atoms with E-state index in [0.717, 1.165) is 19.6 Å². The fourth-order valence-corrected chi connectivity index (χ4v) is 4.73. The summed E-state index contributed by atoms with van der Waals surface area (Å²) in [6, 6.07) is 11.0. The van der Waals surface area contributed by atoms with E-state index in [9.17, 15) is 8.42 Å². The van der Waals surface area contributed by atoms with Crippen molar-refractivity contribution in [1.29, 1.82) is 0 Å². The summed E-state index contributed by atoms with van der Waals surface area (Å²) < 4.78 is 27.3. The third-order valence-electron chi connectivity index (χ3n) is 3.82. The van der Waals surface area contributed by atoms with Gasteiger partial charge in [-0.1, -0.05) is 24.6 Å². The Bertz CT molecular complexity index is 688. The molecule has 1 aliphatic heterocycles. The van der Waals surface area contributed by atoms with Crippen LogP contribution < -0.4 is 4.72 Å². The minimum atomic E-state index is -3.45. The third kappa shape index (κ3) is 3.88. The van der Waals surface area contributed by atoms with E-state index in [-0.39, 0.29) is 0 Å². The van der Waals surface area contributed by atoms with E-state index >= 15 is 0 Å². The molecule has 118 valence electrons. The van der Waals surface area contributed by atoms with Gasteiger partial charge >= 0.3 is 0 Å². The Morgan fingerprint density at radius 2 is 1.77 bits per heavy atom. The van der Waals surface area contributed by atoms with Crippen LogP contribution in [0.25, 0.3) is 0 Å². The van der Waals surface area contributed by atoms with Crippen molar-refractivity contribution in [3.8, 4) is 0 Å². The summed E-state index contributed by atoms with van der Waals surface area (Å²) in [5.41, 5.74) is 1.83. The molecule has 0 aliphatic carbocycles. The van der Waals surface area contributed by atoms with Gasteiger partial charge in [0.2, 0.25) is 0 Å². The summed E-state index contributed by atoms with van der Waals surface area (Å²) in [7, 11) is -3.45. The van der Waals surface area contributed by atoms with Gasteiger partial charge in [-0.2, -0.15) is 0 Å². The highest BCUT2D eigenvalue weighted by Gasteiger charge is 2.15. The van der Waals surface area contributed by atoms with Crippen LogP contribution >= 0.6 is 11.3 Å². The molecule has 3 rings (SSSR count). The van der Waals surface area contributed by atoms with Gasteiger partial charge in [-0.15, -0.1) is 11.3 Å². The van der Waals surface area contributed by atoms with Gasteiger partial charge in [0.15, 0.2) is 0 Å².